The molecule has 0 aliphatic carbocycles. The van der Waals surface area contributed by atoms with Gasteiger partial charge in [0.2, 0.25) is 0 Å². The van der Waals surface area contributed by atoms with E-state index in [0.717, 1.165) is 0 Å². The SMILES string of the molecule is O=[N+]([O-])O.O=[N+]([O-])c1cccc2[nH]cnc12. The summed E-state index contributed by atoms with van der Waals surface area (Å²) in [5.41, 5.74) is 1.13. The van der Waals surface area contributed by atoms with E-state index in [-0.39, 0.29) is 5.69 Å². The average molecular weight is 226 g/mol. The number of rotatable bonds is 1. The third kappa shape index (κ3) is 2.64. The quantitative estimate of drug-likeness (QED) is 0.552. The number of benzene rings is 1. The predicted octanol–water partition coefficient (Wildman–Crippen LogP) is 1.12. The summed E-state index contributed by atoms with van der Waals surface area (Å²) in [5.74, 6) is 0. The van der Waals surface area contributed by atoms with Crippen LogP contribution in [0.25, 0.3) is 11.0 Å². The largest absolute Gasteiger partial charge is 0.344 e. The molecule has 0 bridgehead atoms. The smallest absolute Gasteiger partial charge is 0.297 e. The highest BCUT2D eigenvalue weighted by Crippen LogP contribution is 2.21. The van der Waals surface area contributed by atoms with Gasteiger partial charge in [-0.25, -0.2) is 4.98 Å². The molecule has 0 saturated carbocycles. The second-order valence-corrected chi connectivity index (χ2v) is 2.57. The Bertz CT molecular complexity index is 518. The number of imidazole rings is 1. The highest BCUT2D eigenvalue weighted by molar-refractivity contribution is 5.83. The van der Waals surface area contributed by atoms with E-state index in [1.165, 1.54) is 12.4 Å². The van der Waals surface area contributed by atoms with Crippen molar-refractivity contribution in [2.24, 2.45) is 0 Å². The molecule has 0 amide bonds. The van der Waals surface area contributed by atoms with Gasteiger partial charge in [0.25, 0.3) is 10.8 Å². The molecule has 0 atom stereocenters. The van der Waals surface area contributed by atoms with Crippen LogP contribution in [0.15, 0.2) is 24.5 Å². The number of para-hydroxylation sites is 1. The molecule has 9 heteroatoms. The van der Waals surface area contributed by atoms with Crippen LogP contribution >= 0.6 is 0 Å². The fourth-order valence-electron chi connectivity index (χ4n) is 1.10. The molecule has 2 N–H and O–H groups in total. The monoisotopic (exact) mass is 226 g/mol. The molecule has 0 aliphatic heterocycles. The van der Waals surface area contributed by atoms with E-state index in [0.29, 0.717) is 11.0 Å². The molecule has 0 unspecified atom stereocenters. The minimum atomic E-state index is -1.50. The van der Waals surface area contributed by atoms with Gasteiger partial charge >= 0.3 is 0 Å². The summed E-state index contributed by atoms with van der Waals surface area (Å²) in [6.07, 6.45) is 1.44. The van der Waals surface area contributed by atoms with Gasteiger partial charge in [-0.3, -0.25) is 10.1 Å². The van der Waals surface area contributed by atoms with Gasteiger partial charge in [0, 0.05) is 6.07 Å². The maximum absolute atomic E-state index is 10.5. The van der Waals surface area contributed by atoms with Crippen molar-refractivity contribution in [3.63, 3.8) is 0 Å². The van der Waals surface area contributed by atoms with Crippen LogP contribution in [0, 0.1) is 20.2 Å². The van der Waals surface area contributed by atoms with E-state index in [1.807, 2.05) is 0 Å². The Morgan fingerprint density at radius 2 is 1.94 bits per heavy atom. The first kappa shape index (κ1) is 11.4. The highest BCUT2D eigenvalue weighted by atomic mass is 16.9. The minimum absolute atomic E-state index is 0.0359. The van der Waals surface area contributed by atoms with Crippen molar-refractivity contribution >= 4 is 16.7 Å². The first-order valence-corrected chi connectivity index (χ1v) is 3.92. The van der Waals surface area contributed by atoms with Crippen LogP contribution in [0.5, 0.6) is 0 Å². The molecule has 0 radical (unpaired) electrons. The van der Waals surface area contributed by atoms with Crippen LogP contribution in [0.1, 0.15) is 0 Å². The lowest BCUT2D eigenvalue weighted by molar-refractivity contribution is -0.742. The number of fused-ring (bicyclic) bond motifs is 1. The second-order valence-electron chi connectivity index (χ2n) is 2.57. The van der Waals surface area contributed by atoms with Crippen molar-refractivity contribution in [2.45, 2.75) is 0 Å². The molecule has 0 saturated heterocycles. The Labute approximate surface area is 87.6 Å². The summed E-state index contributed by atoms with van der Waals surface area (Å²) in [7, 11) is 0. The first-order chi connectivity index (χ1) is 7.52. The third-order valence-electron chi connectivity index (χ3n) is 1.63. The van der Waals surface area contributed by atoms with Crippen LogP contribution in [0.3, 0.4) is 0 Å². The number of nitro benzene ring substituents is 1. The molecular formula is C7H6N4O5. The summed E-state index contributed by atoms with van der Waals surface area (Å²) in [5, 5.41) is 24.1. The Morgan fingerprint density at radius 3 is 2.50 bits per heavy atom. The second kappa shape index (κ2) is 4.68. The van der Waals surface area contributed by atoms with Gasteiger partial charge in [0.1, 0.15) is 0 Å². The van der Waals surface area contributed by atoms with Crippen molar-refractivity contribution in [3.05, 3.63) is 44.8 Å². The molecule has 1 aromatic heterocycles. The summed E-state index contributed by atoms with van der Waals surface area (Å²) in [6, 6.07) is 4.80. The van der Waals surface area contributed by atoms with Crippen LogP contribution in [-0.2, 0) is 0 Å². The fourth-order valence-corrected chi connectivity index (χ4v) is 1.10. The lowest BCUT2D eigenvalue weighted by Gasteiger charge is -1.90. The summed E-state index contributed by atoms with van der Waals surface area (Å²) in [4.78, 5) is 25.0. The van der Waals surface area contributed by atoms with E-state index in [2.05, 4.69) is 9.97 Å². The van der Waals surface area contributed by atoms with Gasteiger partial charge in [-0.15, -0.1) is 10.1 Å². The zero-order valence-corrected chi connectivity index (χ0v) is 7.73. The lowest BCUT2D eigenvalue weighted by Crippen LogP contribution is -1.88. The van der Waals surface area contributed by atoms with Crippen molar-refractivity contribution in [2.75, 3.05) is 0 Å². The Kier molecular flexibility index (Phi) is 3.33. The number of aromatic nitrogens is 2. The molecule has 0 aliphatic rings. The van der Waals surface area contributed by atoms with Gasteiger partial charge in [-0.1, -0.05) is 6.07 Å². The minimum Gasteiger partial charge on any atom is -0.344 e. The molecule has 2 rings (SSSR count). The maximum atomic E-state index is 10.5. The molecule has 0 fully saturated rings. The molecule has 2 aromatic rings. The van der Waals surface area contributed by atoms with E-state index < -0.39 is 10.0 Å². The zero-order chi connectivity index (χ0) is 12.1. The summed E-state index contributed by atoms with van der Waals surface area (Å²) >= 11 is 0. The van der Waals surface area contributed by atoms with Gasteiger partial charge in [-0.2, -0.15) is 0 Å². The number of non-ortho nitro benzene ring substituents is 1. The predicted molar refractivity (Wildman–Crippen MR) is 51.5 cm³/mol. The maximum Gasteiger partial charge on any atom is 0.297 e. The van der Waals surface area contributed by atoms with Gasteiger partial charge in [0.15, 0.2) is 5.52 Å². The van der Waals surface area contributed by atoms with E-state index in [4.69, 9.17) is 15.3 Å². The highest BCUT2D eigenvalue weighted by Gasteiger charge is 2.11. The third-order valence-corrected chi connectivity index (χ3v) is 1.63. The topological polar surface area (TPSA) is 135 Å². The van der Waals surface area contributed by atoms with Crippen molar-refractivity contribution < 1.29 is 15.2 Å². The molecule has 1 aromatic carbocycles. The van der Waals surface area contributed by atoms with Gasteiger partial charge in [-0.05, 0) is 6.07 Å². The average Bonchev–Trinajstić information content (AvgIpc) is 2.63. The first-order valence-electron chi connectivity index (χ1n) is 3.92. The van der Waals surface area contributed by atoms with E-state index in [1.54, 1.807) is 12.1 Å². The fraction of sp³-hybridized carbons (Fsp3) is 0. The molecule has 16 heavy (non-hydrogen) atoms. The number of nitrogens with one attached hydrogen (secondary N) is 1. The Hall–Kier alpha value is -2.71. The van der Waals surface area contributed by atoms with Crippen LogP contribution in [0.2, 0.25) is 0 Å². The van der Waals surface area contributed by atoms with Crippen molar-refractivity contribution in [3.8, 4) is 0 Å². The molecular weight excluding hydrogens is 220 g/mol. The molecule has 9 nitrogen and oxygen atoms in total. The zero-order valence-electron chi connectivity index (χ0n) is 7.73. The standard InChI is InChI=1S/C7H5N3O2.HNO3/c11-10(12)6-3-1-2-5-7(6)9-4-8-5;2-1(3)4/h1-4H,(H,8,9);(H,2,3,4). The lowest BCUT2D eigenvalue weighted by atomic mass is 10.3. The van der Waals surface area contributed by atoms with Crippen molar-refractivity contribution in [1.29, 1.82) is 0 Å². The molecule has 0 spiro atoms. The van der Waals surface area contributed by atoms with E-state index in [9.17, 15) is 10.1 Å². The molecule has 84 valence electrons. The van der Waals surface area contributed by atoms with Crippen LogP contribution < -0.4 is 0 Å². The van der Waals surface area contributed by atoms with Crippen LogP contribution in [-0.4, -0.2) is 25.2 Å². The summed E-state index contributed by atoms with van der Waals surface area (Å²) in [6.45, 7) is 0. The van der Waals surface area contributed by atoms with Crippen molar-refractivity contribution in [1.82, 2.24) is 9.97 Å². The Morgan fingerprint density at radius 1 is 1.31 bits per heavy atom. The number of aromatic amines is 1. The number of hydrogen-bond donors (Lipinski definition) is 2. The number of H-pyrrole nitrogens is 1. The Balaban J connectivity index is 0.000000280. The number of hydrogen-bond acceptors (Lipinski definition) is 5. The van der Waals surface area contributed by atoms with Gasteiger partial charge in [0.05, 0.1) is 16.8 Å². The number of nitro groups is 1. The molecule has 1 heterocycles. The van der Waals surface area contributed by atoms with Crippen LogP contribution in [0.4, 0.5) is 5.69 Å². The number of nitrogens with zero attached hydrogens (tertiary/aromatic N) is 3. The van der Waals surface area contributed by atoms with E-state index >= 15 is 0 Å². The van der Waals surface area contributed by atoms with Gasteiger partial charge < -0.3 is 10.2 Å². The summed E-state index contributed by atoms with van der Waals surface area (Å²) < 4.78 is 0. The normalized spacial score (nSPS) is 9.25.